The number of carbonyl (C=O) groups excluding carboxylic acids is 1. The topological polar surface area (TPSA) is 60.3 Å². The average Bonchev–Trinajstić information content (AvgIpc) is 3.05. The Labute approximate surface area is 200 Å². The van der Waals surface area contributed by atoms with Crippen molar-refractivity contribution >= 4 is 17.5 Å². The molecule has 1 amide bonds. The fraction of sp³-hybridized carbons (Fsp3) is 0.375. The summed E-state index contributed by atoms with van der Waals surface area (Å²) in [4.78, 5) is 23.7. The summed E-state index contributed by atoms with van der Waals surface area (Å²) in [7, 11) is 0. The molecule has 1 fully saturated rings. The van der Waals surface area contributed by atoms with E-state index in [-0.39, 0.29) is 53.9 Å². The number of benzene rings is 1. The molecule has 0 bridgehead atoms. The number of hydrogen-bond acceptors (Lipinski definition) is 4. The van der Waals surface area contributed by atoms with Crippen LogP contribution in [0, 0.1) is 6.92 Å². The van der Waals surface area contributed by atoms with E-state index in [1.54, 1.807) is 30.3 Å². The van der Waals surface area contributed by atoms with Crippen molar-refractivity contribution in [2.24, 2.45) is 0 Å². The average molecular weight is 493 g/mol. The van der Waals surface area contributed by atoms with Crippen LogP contribution in [0.5, 0.6) is 0 Å². The highest BCUT2D eigenvalue weighted by Crippen LogP contribution is 2.41. The van der Waals surface area contributed by atoms with E-state index in [1.807, 2.05) is 13.8 Å². The van der Waals surface area contributed by atoms with Gasteiger partial charge in [-0.3, -0.25) is 4.79 Å². The van der Waals surface area contributed by atoms with Crippen LogP contribution < -0.4 is 0 Å². The summed E-state index contributed by atoms with van der Waals surface area (Å²) in [5.74, 6) is -0.519. The summed E-state index contributed by atoms with van der Waals surface area (Å²) in [6.07, 6.45) is -2.10. The number of hydrogen-bond donors (Lipinski definition) is 0. The van der Waals surface area contributed by atoms with Crippen LogP contribution in [0.1, 0.15) is 41.2 Å². The highest BCUT2D eigenvalue weighted by molar-refractivity contribution is 6.30. The van der Waals surface area contributed by atoms with Crippen LogP contribution in [0.25, 0.3) is 11.4 Å². The standard InChI is InChI=1S/C24H24ClF3N4O2/c1-15-18(21-29-11-17(25)12-30-21)19(22(33)31-9-10-34-23(2,3)14-31)32(20(15)24(26,27)28)13-16-7-5-4-6-8-16/h4-8,11-12H,9-10,13-14H2,1-3H3. The number of amides is 1. The van der Waals surface area contributed by atoms with Crippen molar-refractivity contribution in [3.05, 3.63) is 70.3 Å². The molecule has 3 heterocycles. The molecule has 2 aromatic heterocycles. The zero-order chi connectivity index (χ0) is 24.7. The van der Waals surface area contributed by atoms with Gasteiger partial charge in [-0.1, -0.05) is 41.9 Å². The smallest absolute Gasteiger partial charge is 0.372 e. The predicted molar refractivity (Wildman–Crippen MR) is 122 cm³/mol. The zero-order valence-corrected chi connectivity index (χ0v) is 19.7. The van der Waals surface area contributed by atoms with E-state index in [0.717, 1.165) is 4.57 Å². The van der Waals surface area contributed by atoms with Gasteiger partial charge in [0.05, 0.1) is 22.8 Å². The van der Waals surface area contributed by atoms with Crippen molar-refractivity contribution in [3.63, 3.8) is 0 Å². The molecule has 6 nitrogen and oxygen atoms in total. The van der Waals surface area contributed by atoms with Gasteiger partial charge in [-0.05, 0) is 31.9 Å². The Hall–Kier alpha value is -2.91. The first kappa shape index (κ1) is 24.2. The van der Waals surface area contributed by atoms with Gasteiger partial charge < -0.3 is 14.2 Å². The van der Waals surface area contributed by atoms with Crippen molar-refractivity contribution in [2.75, 3.05) is 19.7 Å². The number of alkyl halides is 3. The first-order valence-electron chi connectivity index (χ1n) is 10.7. The van der Waals surface area contributed by atoms with Crippen molar-refractivity contribution in [2.45, 2.75) is 39.1 Å². The zero-order valence-electron chi connectivity index (χ0n) is 19.0. The maximum absolute atomic E-state index is 14.4. The maximum atomic E-state index is 14.4. The molecule has 0 N–H and O–H groups in total. The van der Waals surface area contributed by atoms with Crippen molar-refractivity contribution < 1.29 is 22.7 Å². The fourth-order valence-electron chi connectivity index (χ4n) is 4.31. The van der Waals surface area contributed by atoms with Gasteiger partial charge in [0.2, 0.25) is 0 Å². The van der Waals surface area contributed by atoms with Gasteiger partial charge in [-0.15, -0.1) is 0 Å². The molecule has 4 rings (SSSR count). The minimum absolute atomic E-state index is 0.00933. The predicted octanol–water partition coefficient (Wildman–Crippen LogP) is 5.23. The summed E-state index contributed by atoms with van der Waals surface area (Å²) in [6.45, 7) is 5.67. The van der Waals surface area contributed by atoms with E-state index < -0.39 is 23.4 Å². The van der Waals surface area contributed by atoms with Gasteiger partial charge in [0.1, 0.15) is 11.4 Å². The van der Waals surface area contributed by atoms with Crippen molar-refractivity contribution in [1.29, 1.82) is 0 Å². The molecule has 0 radical (unpaired) electrons. The summed E-state index contributed by atoms with van der Waals surface area (Å²) in [5, 5.41) is 0.240. The Balaban J connectivity index is 1.97. The molecular formula is C24H24ClF3N4O2. The molecule has 0 saturated carbocycles. The lowest BCUT2D eigenvalue weighted by atomic mass is 10.0. The van der Waals surface area contributed by atoms with Crippen LogP contribution in [0.3, 0.4) is 0 Å². The monoisotopic (exact) mass is 492 g/mol. The molecular weight excluding hydrogens is 469 g/mol. The Morgan fingerprint density at radius 3 is 2.41 bits per heavy atom. The molecule has 0 spiro atoms. The van der Waals surface area contributed by atoms with Crippen LogP contribution >= 0.6 is 11.6 Å². The normalized spacial score (nSPS) is 16.0. The number of halogens is 4. The molecule has 180 valence electrons. The third kappa shape index (κ3) is 4.81. The molecule has 1 saturated heterocycles. The summed E-state index contributed by atoms with van der Waals surface area (Å²) < 4.78 is 49.9. The summed E-state index contributed by atoms with van der Waals surface area (Å²) in [5.41, 5.74) is -1.06. The summed E-state index contributed by atoms with van der Waals surface area (Å²) >= 11 is 5.91. The Kier molecular flexibility index (Phi) is 6.44. The van der Waals surface area contributed by atoms with Gasteiger partial charge in [-0.25, -0.2) is 9.97 Å². The largest absolute Gasteiger partial charge is 0.431 e. The first-order chi connectivity index (χ1) is 16.0. The molecule has 1 aromatic carbocycles. The minimum Gasteiger partial charge on any atom is -0.372 e. The summed E-state index contributed by atoms with van der Waals surface area (Å²) in [6, 6.07) is 8.71. The van der Waals surface area contributed by atoms with Crippen molar-refractivity contribution in [3.8, 4) is 11.4 Å². The minimum atomic E-state index is -4.71. The lowest BCUT2D eigenvalue weighted by molar-refractivity contribution is -0.143. The molecule has 0 aliphatic carbocycles. The maximum Gasteiger partial charge on any atom is 0.431 e. The van der Waals surface area contributed by atoms with Gasteiger partial charge in [-0.2, -0.15) is 13.2 Å². The second kappa shape index (κ2) is 9.03. The van der Waals surface area contributed by atoms with E-state index in [1.165, 1.54) is 24.2 Å². The molecule has 34 heavy (non-hydrogen) atoms. The second-order valence-electron chi connectivity index (χ2n) is 8.83. The number of aromatic nitrogens is 3. The van der Waals surface area contributed by atoms with E-state index >= 15 is 0 Å². The van der Waals surface area contributed by atoms with Gasteiger partial charge in [0.25, 0.3) is 5.91 Å². The van der Waals surface area contributed by atoms with Crippen LogP contribution in [0.4, 0.5) is 13.2 Å². The first-order valence-corrected chi connectivity index (χ1v) is 11.1. The van der Waals surface area contributed by atoms with Crippen LogP contribution in [0.2, 0.25) is 5.02 Å². The van der Waals surface area contributed by atoms with Crippen LogP contribution in [-0.4, -0.2) is 50.6 Å². The molecule has 1 aliphatic heterocycles. The number of morpholine rings is 1. The Bertz CT molecular complexity index is 1190. The second-order valence-corrected chi connectivity index (χ2v) is 9.26. The Morgan fingerprint density at radius 2 is 1.82 bits per heavy atom. The molecule has 3 aromatic rings. The highest BCUT2D eigenvalue weighted by Gasteiger charge is 2.43. The number of rotatable bonds is 4. The lowest BCUT2D eigenvalue weighted by Gasteiger charge is -2.38. The third-order valence-electron chi connectivity index (χ3n) is 5.72. The number of ether oxygens (including phenoxy) is 1. The Morgan fingerprint density at radius 1 is 1.18 bits per heavy atom. The highest BCUT2D eigenvalue weighted by atomic mass is 35.5. The molecule has 0 unspecified atom stereocenters. The van der Waals surface area contributed by atoms with Gasteiger partial charge in [0.15, 0.2) is 5.82 Å². The van der Waals surface area contributed by atoms with E-state index in [0.29, 0.717) is 5.56 Å². The van der Waals surface area contributed by atoms with Gasteiger partial charge >= 0.3 is 6.18 Å². The van der Waals surface area contributed by atoms with E-state index in [9.17, 15) is 18.0 Å². The molecule has 1 aliphatic rings. The SMILES string of the molecule is Cc1c(-c2ncc(Cl)cn2)c(C(=O)N2CCOC(C)(C)C2)n(Cc2ccccc2)c1C(F)(F)F. The molecule has 10 heteroatoms. The van der Waals surface area contributed by atoms with E-state index in [2.05, 4.69) is 9.97 Å². The van der Waals surface area contributed by atoms with Crippen LogP contribution in [-0.2, 0) is 17.5 Å². The third-order valence-corrected chi connectivity index (χ3v) is 5.91. The van der Waals surface area contributed by atoms with Crippen LogP contribution in [0.15, 0.2) is 42.7 Å². The van der Waals surface area contributed by atoms with Crippen molar-refractivity contribution in [1.82, 2.24) is 19.4 Å². The number of nitrogens with zero attached hydrogens (tertiary/aromatic N) is 4. The quantitative estimate of drug-likeness (QED) is 0.500. The fourth-order valence-corrected chi connectivity index (χ4v) is 4.41. The van der Waals surface area contributed by atoms with Gasteiger partial charge in [0, 0.05) is 32.0 Å². The van der Waals surface area contributed by atoms with E-state index in [4.69, 9.17) is 16.3 Å². The molecule has 0 atom stereocenters. The number of carbonyl (C=O) groups is 1. The lowest BCUT2D eigenvalue weighted by Crippen LogP contribution is -2.51.